The lowest BCUT2D eigenvalue weighted by molar-refractivity contribution is 0.113. The number of guanidine groups is 1. The number of aliphatic imine (C=N–C) groups is 1. The Kier molecular flexibility index (Phi) is 6.10. The van der Waals surface area contributed by atoms with Crippen molar-refractivity contribution in [3.63, 3.8) is 0 Å². The van der Waals surface area contributed by atoms with Gasteiger partial charge >= 0.3 is 0 Å². The average molecular weight is 330 g/mol. The predicted octanol–water partition coefficient (Wildman–Crippen LogP) is 1.99. The van der Waals surface area contributed by atoms with E-state index in [9.17, 15) is 0 Å². The quantitative estimate of drug-likeness (QED) is 0.640. The molecule has 5 nitrogen and oxygen atoms in total. The number of hydrogen-bond acceptors (Lipinski definition) is 3. The number of nitrogens with one attached hydrogen (secondary N) is 2. The Hall–Kier alpha value is -1.59. The molecule has 2 heterocycles. The van der Waals surface area contributed by atoms with Gasteiger partial charge in [0.25, 0.3) is 0 Å². The first-order chi connectivity index (χ1) is 11.7. The van der Waals surface area contributed by atoms with E-state index in [0.717, 1.165) is 45.0 Å². The Morgan fingerprint density at radius 2 is 2.17 bits per heavy atom. The van der Waals surface area contributed by atoms with E-state index in [-0.39, 0.29) is 0 Å². The van der Waals surface area contributed by atoms with Crippen LogP contribution < -0.4 is 10.6 Å². The summed E-state index contributed by atoms with van der Waals surface area (Å²) in [6.07, 6.45) is 3.80. The van der Waals surface area contributed by atoms with E-state index in [1.165, 1.54) is 12.0 Å². The normalized spacial score (nSPS) is 28.2. The first-order valence-corrected chi connectivity index (χ1v) is 9.11. The first-order valence-electron chi connectivity index (χ1n) is 9.11. The molecule has 5 heteroatoms. The Labute approximate surface area is 145 Å². The molecule has 2 fully saturated rings. The first kappa shape index (κ1) is 17.2. The molecule has 0 radical (unpaired) electrons. The van der Waals surface area contributed by atoms with E-state index in [2.05, 4.69) is 57.8 Å². The molecule has 132 valence electrons. The minimum atomic E-state index is 0.334. The van der Waals surface area contributed by atoms with Gasteiger partial charge in [0.1, 0.15) is 0 Å². The molecule has 3 unspecified atom stereocenters. The van der Waals surface area contributed by atoms with Crippen molar-refractivity contribution in [2.24, 2.45) is 4.99 Å². The van der Waals surface area contributed by atoms with Crippen LogP contribution in [0.5, 0.6) is 0 Å². The van der Waals surface area contributed by atoms with Crippen LogP contribution in [0.25, 0.3) is 0 Å². The van der Waals surface area contributed by atoms with Crippen molar-refractivity contribution < 1.29 is 4.74 Å². The van der Waals surface area contributed by atoms with Gasteiger partial charge in [0.05, 0.1) is 6.10 Å². The maximum Gasteiger partial charge on any atom is 0.191 e. The van der Waals surface area contributed by atoms with Crippen LogP contribution >= 0.6 is 0 Å². The zero-order chi connectivity index (χ0) is 16.8. The number of hydrogen-bond donors (Lipinski definition) is 2. The van der Waals surface area contributed by atoms with Gasteiger partial charge in [0.15, 0.2) is 5.96 Å². The molecule has 0 amide bonds. The van der Waals surface area contributed by atoms with Gasteiger partial charge in [-0.1, -0.05) is 30.3 Å². The van der Waals surface area contributed by atoms with Crippen molar-refractivity contribution in [1.29, 1.82) is 0 Å². The van der Waals surface area contributed by atoms with Crippen LogP contribution in [0, 0.1) is 0 Å². The molecule has 0 aliphatic carbocycles. The second-order valence-corrected chi connectivity index (χ2v) is 6.93. The fourth-order valence-corrected chi connectivity index (χ4v) is 3.65. The van der Waals surface area contributed by atoms with Crippen molar-refractivity contribution in [1.82, 2.24) is 15.5 Å². The van der Waals surface area contributed by atoms with Crippen molar-refractivity contribution in [3.05, 3.63) is 35.9 Å². The molecule has 3 rings (SSSR count). The zero-order valence-corrected chi connectivity index (χ0v) is 14.9. The Morgan fingerprint density at radius 1 is 1.33 bits per heavy atom. The molecular formula is C19H30N4O. The molecule has 0 bridgehead atoms. The summed E-state index contributed by atoms with van der Waals surface area (Å²) in [4.78, 5) is 6.91. The fourth-order valence-electron chi connectivity index (χ4n) is 3.65. The van der Waals surface area contributed by atoms with Gasteiger partial charge in [-0.25, -0.2) is 0 Å². The van der Waals surface area contributed by atoms with E-state index in [0.29, 0.717) is 18.2 Å². The van der Waals surface area contributed by atoms with Crippen LogP contribution in [0.4, 0.5) is 0 Å². The van der Waals surface area contributed by atoms with Gasteiger partial charge in [-0.05, 0) is 31.7 Å². The second-order valence-electron chi connectivity index (χ2n) is 6.93. The van der Waals surface area contributed by atoms with Crippen molar-refractivity contribution in [2.75, 3.05) is 26.7 Å². The zero-order valence-electron chi connectivity index (χ0n) is 14.9. The Morgan fingerprint density at radius 3 is 2.88 bits per heavy atom. The van der Waals surface area contributed by atoms with E-state index in [1.807, 2.05) is 7.05 Å². The summed E-state index contributed by atoms with van der Waals surface area (Å²) in [6.45, 7) is 6.12. The smallest absolute Gasteiger partial charge is 0.191 e. The Bertz CT molecular complexity index is 527. The number of benzene rings is 1. The monoisotopic (exact) mass is 330 g/mol. The standard InChI is InChI=1S/C19H30N4O/c1-15-11-17(14-23(15)13-16-7-4-3-5-8-16)22-19(20-2)21-12-18-9-6-10-24-18/h3-5,7-8,15,17-18H,6,9-14H2,1-2H3,(H2,20,21,22). The van der Waals surface area contributed by atoms with Gasteiger partial charge in [-0.15, -0.1) is 0 Å². The number of ether oxygens (including phenoxy) is 1. The van der Waals surface area contributed by atoms with Crippen LogP contribution in [0.15, 0.2) is 35.3 Å². The van der Waals surface area contributed by atoms with Crippen LogP contribution in [0.2, 0.25) is 0 Å². The lowest BCUT2D eigenvalue weighted by Crippen LogP contribution is -2.46. The van der Waals surface area contributed by atoms with E-state index < -0.39 is 0 Å². The van der Waals surface area contributed by atoms with Crippen molar-refractivity contribution in [3.8, 4) is 0 Å². The van der Waals surface area contributed by atoms with E-state index in [1.54, 1.807) is 0 Å². The summed E-state index contributed by atoms with van der Waals surface area (Å²) in [5.41, 5.74) is 1.38. The van der Waals surface area contributed by atoms with Crippen LogP contribution in [-0.4, -0.2) is 55.8 Å². The largest absolute Gasteiger partial charge is 0.376 e. The SMILES string of the molecule is CN=C(NCC1CCCO1)NC1CC(C)N(Cc2ccccc2)C1. The second kappa shape index (κ2) is 8.49. The third kappa shape index (κ3) is 4.71. The van der Waals surface area contributed by atoms with Crippen LogP contribution in [-0.2, 0) is 11.3 Å². The van der Waals surface area contributed by atoms with Crippen molar-refractivity contribution in [2.45, 2.75) is 50.9 Å². The molecule has 2 saturated heterocycles. The van der Waals surface area contributed by atoms with E-state index in [4.69, 9.17) is 4.74 Å². The lowest BCUT2D eigenvalue weighted by Gasteiger charge is -2.21. The highest BCUT2D eigenvalue weighted by atomic mass is 16.5. The van der Waals surface area contributed by atoms with Gasteiger partial charge in [0, 0.05) is 45.4 Å². The van der Waals surface area contributed by atoms with Gasteiger partial charge < -0.3 is 15.4 Å². The maximum atomic E-state index is 5.66. The summed E-state index contributed by atoms with van der Waals surface area (Å²) >= 11 is 0. The number of nitrogens with zero attached hydrogens (tertiary/aromatic N) is 2. The topological polar surface area (TPSA) is 48.9 Å². The minimum Gasteiger partial charge on any atom is -0.376 e. The van der Waals surface area contributed by atoms with E-state index >= 15 is 0 Å². The van der Waals surface area contributed by atoms with Gasteiger partial charge in [-0.2, -0.15) is 0 Å². The van der Waals surface area contributed by atoms with Crippen molar-refractivity contribution >= 4 is 5.96 Å². The number of likely N-dealkylation sites (tertiary alicyclic amines) is 1. The molecule has 0 aromatic heterocycles. The molecule has 24 heavy (non-hydrogen) atoms. The highest BCUT2D eigenvalue weighted by molar-refractivity contribution is 5.80. The molecule has 2 aliphatic rings. The summed E-state index contributed by atoms with van der Waals surface area (Å²) in [5.74, 6) is 0.893. The molecule has 0 spiro atoms. The lowest BCUT2D eigenvalue weighted by atomic mass is 10.2. The third-order valence-electron chi connectivity index (χ3n) is 5.02. The molecule has 2 aliphatic heterocycles. The highest BCUT2D eigenvalue weighted by Crippen LogP contribution is 2.20. The highest BCUT2D eigenvalue weighted by Gasteiger charge is 2.29. The molecule has 2 N–H and O–H groups in total. The summed E-state index contributed by atoms with van der Waals surface area (Å²) in [7, 11) is 1.84. The summed E-state index contributed by atoms with van der Waals surface area (Å²) in [5, 5.41) is 6.99. The molecule has 0 saturated carbocycles. The number of rotatable bonds is 5. The van der Waals surface area contributed by atoms with Gasteiger partial charge in [0.2, 0.25) is 0 Å². The summed E-state index contributed by atoms with van der Waals surface area (Å²) in [6, 6.07) is 11.7. The molecule has 1 aromatic rings. The Balaban J connectivity index is 1.46. The average Bonchev–Trinajstić information content (AvgIpc) is 3.23. The third-order valence-corrected chi connectivity index (χ3v) is 5.02. The minimum absolute atomic E-state index is 0.334. The summed E-state index contributed by atoms with van der Waals surface area (Å²) < 4.78 is 5.66. The predicted molar refractivity (Wildman–Crippen MR) is 98.2 cm³/mol. The molecular weight excluding hydrogens is 300 g/mol. The van der Waals surface area contributed by atoms with Gasteiger partial charge in [-0.3, -0.25) is 9.89 Å². The van der Waals surface area contributed by atoms with Crippen LogP contribution in [0.3, 0.4) is 0 Å². The van der Waals surface area contributed by atoms with Crippen LogP contribution in [0.1, 0.15) is 31.7 Å². The molecule has 1 aromatic carbocycles. The molecule has 3 atom stereocenters. The maximum absolute atomic E-state index is 5.66. The fraction of sp³-hybridized carbons (Fsp3) is 0.632.